The summed E-state index contributed by atoms with van der Waals surface area (Å²) in [6.07, 6.45) is 2.04. The van der Waals surface area contributed by atoms with Crippen molar-refractivity contribution < 1.29 is 0 Å². The summed E-state index contributed by atoms with van der Waals surface area (Å²) in [7, 11) is 0. The topological polar surface area (TPSA) is 17.3 Å². The van der Waals surface area contributed by atoms with Crippen LogP contribution in [0.15, 0.2) is 109 Å². The quantitative estimate of drug-likeness (QED) is 0.280. The van der Waals surface area contributed by atoms with Gasteiger partial charge in [0.05, 0.1) is 17.4 Å². The summed E-state index contributed by atoms with van der Waals surface area (Å²) in [6.45, 7) is 4.29. The molecule has 6 rings (SSSR count). The van der Waals surface area contributed by atoms with Gasteiger partial charge in [-0.2, -0.15) is 0 Å². The molecule has 0 amide bonds. The van der Waals surface area contributed by atoms with Gasteiger partial charge in [-0.25, -0.2) is 4.98 Å². The third-order valence-corrected chi connectivity index (χ3v) is 6.40. The van der Waals surface area contributed by atoms with Gasteiger partial charge < -0.3 is 0 Å². The fraction of sp³-hybridized carbons (Fsp3) is 0.0645. The van der Waals surface area contributed by atoms with E-state index in [1.165, 1.54) is 49.8 Å². The Morgan fingerprint density at radius 2 is 1.27 bits per heavy atom. The third kappa shape index (κ3) is 3.23. The number of pyridine rings is 1. The Hall–Kier alpha value is -4.17. The van der Waals surface area contributed by atoms with Gasteiger partial charge in [0, 0.05) is 5.56 Å². The van der Waals surface area contributed by atoms with Crippen LogP contribution in [0.1, 0.15) is 11.1 Å². The molecule has 2 aromatic heterocycles. The molecule has 6 aromatic rings. The van der Waals surface area contributed by atoms with E-state index in [1.54, 1.807) is 0 Å². The second-order valence-corrected chi connectivity index (χ2v) is 8.65. The van der Waals surface area contributed by atoms with E-state index in [9.17, 15) is 0 Å². The molecular weight excluding hydrogens is 400 g/mol. The van der Waals surface area contributed by atoms with Crippen LogP contribution in [0.3, 0.4) is 0 Å². The molecule has 0 aliphatic carbocycles. The van der Waals surface area contributed by atoms with Gasteiger partial charge in [-0.05, 0) is 65.3 Å². The predicted octanol–water partition coefficient (Wildman–Crippen LogP) is 8.11. The van der Waals surface area contributed by atoms with Crippen molar-refractivity contribution >= 4 is 16.6 Å². The molecule has 0 spiro atoms. The highest BCUT2D eigenvalue weighted by atomic mass is 15.0. The number of fused-ring (bicyclic) bond motifs is 3. The molecule has 0 saturated heterocycles. The van der Waals surface area contributed by atoms with E-state index < -0.39 is 0 Å². The van der Waals surface area contributed by atoms with Gasteiger partial charge in [-0.3, -0.25) is 4.40 Å². The molecular formula is C31H24N2. The van der Waals surface area contributed by atoms with Gasteiger partial charge >= 0.3 is 0 Å². The molecule has 158 valence electrons. The van der Waals surface area contributed by atoms with Crippen LogP contribution < -0.4 is 0 Å². The zero-order valence-electron chi connectivity index (χ0n) is 18.8. The average Bonchev–Trinajstić information content (AvgIpc) is 3.30. The summed E-state index contributed by atoms with van der Waals surface area (Å²) >= 11 is 0. The first-order chi connectivity index (χ1) is 16.2. The van der Waals surface area contributed by atoms with Crippen molar-refractivity contribution in [3.05, 3.63) is 120 Å². The molecule has 2 heterocycles. The summed E-state index contributed by atoms with van der Waals surface area (Å²) in [6, 6.07) is 36.8. The maximum absolute atomic E-state index is 4.90. The Morgan fingerprint density at radius 3 is 1.91 bits per heavy atom. The van der Waals surface area contributed by atoms with Crippen LogP contribution in [-0.4, -0.2) is 9.38 Å². The van der Waals surface area contributed by atoms with Crippen LogP contribution in [0, 0.1) is 13.8 Å². The smallest absolute Gasteiger partial charge is 0.140 e. The molecule has 2 heteroatoms. The van der Waals surface area contributed by atoms with Crippen molar-refractivity contribution in [3.8, 4) is 33.5 Å². The minimum Gasteiger partial charge on any atom is -0.292 e. The molecule has 2 nitrogen and oxygen atoms in total. The van der Waals surface area contributed by atoms with Crippen LogP contribution in [0.4, 0.5) is 0 Å². The normalized spacial score (nSPS) is 11.3. The SMILES string of the molecule is Cc1ccc2c(c1)cc(C)c1ncc(-c3c(-c4ccccc4)cccc3-c3ccccc3)n12. The highest BCUT2D eigenvalue weighted by molar-refractivity contribution is 5.96. The molecule has 0 bridgehead atoms. The minimum absolute atomic E-state index is 1.00. The zero-order chi connectivity index (χ0) is 22.4. The standard InChI is InChI=1S/C31H24N2/c1-21-16-17-28-25(18-21)19-22(2)31-32-20-29(33(28)31)30-26(23-10-5-3-6-11-23)14-9-15-27(30)24-12-7-4-8-13-24/h3-20H,1-2H3. The van der Waals surface area contributed by atoms with Crippen molar-refractivity contribution in [2.75, 3.05) is 0 Å². The summed E-state index contributed by atoms with van der Waals surface area (Å²) in [5.74, 6) is 0. The summed E-state index contributed by atoms with van der Waals surface area (Å²) < 4.78 is 2.33. The molecule has 0 aliphatic rings. The summed E-state index contributed by atoms with van der Waals surface area (Å²) in [5.41, 5.74) is 11.8. The lowest BCUT2D eigenvalue weighted by atomic mass is 9.90. The first-order valence-electron chi connectivity index (χ1n) is 11.3. The molecule has 0 fully saturated rings. The van der Waals surface area contributed by atoms with Crippen molar-refractivity contribution in [3.63, 3.8) is 0 Å². The molecule has 0 atom stereocenters. The first-order valence-corrected chi connectivity index (χ1v) is 11.3. The molecule has 4 aromatic carbocycles. The highest BCUT2D eigenvalue weighted by Crippen LogP contribution is 2.41. The number of imidazole rings is 1. The summed E-state index contributed by atoms with van der Waals surface area (Å²) in [4.78, 5) is 4.90. The molecule has 0 N–H and O–H groups in total. The van der Waals surface area contributed by atoms with Crippen LogP contribution in [0.2, 0.25) is 0 Å². The molecule has 0 saturated carbocycles. The minimum atomic E-state index is 1.00. The monoisotopic (exact) mass is 424 g/mol. The Kier molecular flexibility index (Phi) is 4.58. The second kappa shape index (κ2) is 7.75. The van der Waals surface area contributed by atoms with Crippen molar-refractivity contribution in [2.24, 2.45) is 0 Å². The number of aryl methyl sites for hydroxylation is 2. The highest BCUT2D eigenvalue weighted by Gasteiger charge is 2.19. The first kappa shape index (κ1) is 19.5. The molecule has 33 heavy (non-hydrogen) atoms. The van der Waals surface area contributed by atoms with Crippen molar-refractivity contribution in [1.82, 2.24) is 9.38 Å². The average molecular weight is 425 g/mol. The van der Waals surface area contributed by atoms with Gasteiger partial charge in [0.15, 0.2) is 0 Å². The fourth-order valence-corrected chi connectivity index (χ4v) is 4.89. The maximum atomic E-state index is 4.90. The van der Waals surface area contributed by atoms with Crippen molar-refractivity contribution in [2.45, 2.75) is 13.8 Å². The third-order valence-electron chi connectivity index (χ3n) is 6.40. The largest absolute Gasteiger partial charge is 0.292 e. The van der Waals surface area contributed by atoms with E-state index in [0.717, 1.165) is 11.3 Å². The lowest BCUT2D eigenvalue weighted by Crippen LogP contribution is -1.97. The van der Waals surface area contributed by atoms with Gasteiger partial charge in [0.2, 0.25) is 0 Å². The predicted molar refractivity (Wildman–Crippen MR) is 138 cm³/mol. The van der Waals surface area contributed by atoms with E-state index in [2.05, 4.69) is 121 Å². The number of nitrogens with zero attached hydrogens (tertiary/aromatic N) is 2. The Morgan fingerprint density at radius 1 is 0.636 bits per heavy atom. The maximum Gasteiger partial charge on any atom is 0.140 e. The van der Waals surface area contributed by atoms with E-state index in [1.807, 2.05) is 6.20 Å². The van der Waals surface area contributed by atoms with Gasteiger partial charge in [-0.1, -0.05) is 90.5 Å². The van der Waals surface area contributed by atoms with Crippen LogP contribution in [0.5, 0.6) is 0 Å². The number of rotatable bonds is 3. The van der Waals surface area contributed by atoms with Crippen LogP contribution in [0.25, 0.3) is 50.1 Å². The Bertz CT molecular complexity index is 1550. The molecule has 0 unspecified atom stereocenters. The number of hydrogen-bond acceptors (Lipinski definition) is 1. The fourth-order valence-electron chi connectivity index (χ4n) is 4.89. The zero-order valence-corrected chi connectivity index (χ0v) is 18.8. The Labute approximate surface area is 193 Å². The van der Waals surface area contributed by atoms with Crippen molar-refractivity contribution in [1.29, 1.82) is 0 Å². The molecule has 0 aliphatic heterocycles. The van der Waals surface area contributed by atoms with Gasteiger partial charge in [0.1, 0.15) is 5.65 Å². The lowest BCUT2D eigenvalue weighted by molar-refractivity contribution is 1.23. The number of aromatic nitrogens is 2. The van der Waals surface area contributed by atoms with Gasteiger partial charge in [-0.15, -0.1) is 0 Å². The Balaban J connectivity index is 1.77. The summed E-state index contributed by atoms with van der Waals surface area (Å²) in [5, 5.41) is 1.23. The second-order valence-electron chi connectivity index (χ2n) is 8.65. The van der Waals surface area contributed by atoms with Crippen LogP contribution in [-0.2, 0) is 0 Å². The van der Waals surface area contributed by atoms with E-state index in [-0.39, 0.29) is 0 Å². The van der Waals surface area contributed by atoms with Gasteiger partial charge in [0.25, 0.3) is 0 Å². The van der Waals surface area contributed by atoms with E-state index in [0.29, 0.717) is 0 Å². The van der Waals surface area contributed by atoms with E-state index in [4.69, 9.17) is 4.98 Å². The van der Waals surface area contributed by atoms with E-state index >= 15 is 0 Å². The molecule has 0 radical (unpaired) electrons. The number of benzene rings is 4. The van der Waals surface area contributed by atoms with Crippen LogP contribution >= 0.6 is 0 Å². The number of hydrogen-bond donors (Lipinski definition) is 0. The lowest BCUT2D eigenvalue weighted by Gasteiger charge is -2.17.